The molecule has 0 radical (unpaired) electrons. The van der Waals surface area contributed by atoms with Crippen LogP contribution in [-0.4, -0.2) is 22.5 Å². The third-order valence-electron chi connectivity index (χ3n) is 3.49. The highest BCUT2D eigenvalue weighted by Gasteiger charge is 2.20. The lowest BCUT2D eigenvalue weighted by Gasteiger charge is -2.10. The summed E-state index contributed by atoms with van der Waals surface area (Å²) in [7, 11) is 1.26. The first kappa shape index (κ1) is 15.2. The summed E-state index contributed by atoms with van der Waals surface area (Å²) < 4.78 is 6.14. The van der Waals surface area contributed by atoms with Crippen LogP contribution in [0.15, 0.2) is 53.5 Å². The van der Waals surface area contributed by atoms with Gasteiger partial charge < -0.3 is 4.74 Å². The minimum Gasteiger partial charge on any atom is -0.464 e. The van der Waals surface area contributed by atoms with Crippen molar-refractivity contribution >= 4 is 23.2 Å². The number of fused-ring (bicyclic) bond motifs is 1. The molecule has 23 heavy (non-hydrogen) atoms. The van der Waals surface area contributed by atoms with Crippen molar-refractivity contribution in [3.05, 3.63) is 80.9 Å². The normalized spacial score (nSPS) is 10.7. The second kappa shape index (κ2) is 6.22. The van der Waals surface area contributed by atoms with E-state index in [1.807, 2.05) is 30.3 Å². The molecule has 0 saturated heterocycles. The fourth-order valence-electron chi connectivity index (χ4n) is 2.37. The Morgan fingerprint density at radius 1 is 1.26 bits per heavy atom. The molecule has 0 aliphatic carbocycles. The van der Waals surface area contributed by atoms with E-state index >= 15 is 0 Å². The zero-order chi connectivity index (χ0) is 16.4. The fourth-order valence-corrected chi connectivity index (χ4v) is 2.53. The van der Waals surface area contributed by atoms with E-state index in [4.69, 9.17) is 16.3 Å². The second-order valence-corrected chi connectivity index (χ2v) is 5.41. The first-order chi connectivity index (χ1) is 11.1. The lowest BCUT2D eigenvalue weighted by atomic mass is 10.0. The Morgan fingerprint density at radius 2 is 2.00 bits per heavy atom. The summed E-state index contributed by atoms with van der Waals surface area (Å²) in [6, 6.07) is 12.5. The summed E-state index contributed by atoms with van der Waals surface area (Å²) in [4.78, 5) is 29.1. The number of hydrogen-bond acceptors (Lipinski definition) is 4. The summed E-state index contributed by atoms with van der Waals surface area (Å²) in [5, 5.41) is 0.434. The summed E-state index contributed by atoms with van der Waals surface area (Å²) >= 11 is 5.93. The van der Waals surface area contributed by atoms with Crippen LogP contribution in [0.2, 0.25) is 5.02 Å². The number of pyridine rings is 1. The van der Waals surface area contributed by atoms with Crippen LogP contribution in [0.25, 0.3) is 5.65 Å². The van der Waals surface area contributed by atoms with E-state index in [9.17, 15) is 9.59 Å². The Hall–Kier alpha value is -2.66. The average Bonchev–Trinajstić information content (AvgIpc) is 2.57. The van der Waals surface area contributed by atoms with Gasteiger partial charge in [-0.15, -0.1) is 0 Å². The molecule has 0 unspecified atom stereocenters. The predicted octanol–water partition coefficient (Wildman–Crippen LogP) is 2.73. The predicted molar refractivity (Wildman–Crippen MR) is 87.1 cm³/mol. The minimum atomic E-state index is -0.643. The monoisotopic (exact) mass is 328 g/mol. The van der Waals surface area contributed by atoms with Gasteiger partial charge in [0.25, 0.3) is 5.56 Å². The Morgan fingerprint density at radius 3 is 2.70 bits per heavy atom. The number of methoxy groups -OCH3 is 1. The number of rotatable bonds is 3. The first-order valence-electron chi connectivity index (χ1n) is 6.93. The number of halogens is 1. The van der Waals surface area contributed by atoms with Crippen LogP contribution in [0.1, 0.15) is 21.6 Å². The maximum absolute atomic E-state index is 12.8. The van der Waals surface area contributed by atoms with Crippen LogP contribution < -0.4 is 5.56 Å². The SMILES string of the molecule is COC(=O)c1nc2cc(Cl)ccn2c(=O)c1Cc1ccccc1. The van der Waals surface area contributed by atoms with E-state index in [0.29, 0.717) is 22.7 Å². The Labute approximate surface area is 137 Å². The third-order valence-corrected chi connectivity index (χ3v) is 3.72. The van der Waals surface area contributed by atoms with E-state index in [-0.39, 0.29) is 11.3 Å². The highest BCUT2D eigenvalue weighted by molar-refractivity contribution is 6.30. The van der Waals surface area contributed by atoms with Gasteiger partial charge in [0.1, 0.15) is 5.65 Å². The van der Waals surface area contributed by atoms with Gasteiger partial charge in [0.05, 0.1) is 12.7 Å². The van der Waals surface area contributed by atoms with Crippen molar-refractivity contribution in [3.8, 4) is 0 Å². The van der Waals surface area contributed by atoms with Crippen LogP contribution in [0.3, 0.4) is 0 Å². The number of benzene rings is 1. The molecule has 0 aliphatic rings. The van der Waals surface area contributed by atoms with Gasteiger partial charge >= 0.3 is 5.97 Å². The Kier molecular flexibility index (Phi) is 4.12. The van der Waals surface area contributed by atoms with Crippen molar-refractivity contribution in [2.45, 2.75) is 6.42 Å². The second-order valence-electron chi connectivity index (χ2n) is 4.97. The van der Waals surface area contributed by atoms with Gasteiger partial charge in [0.2, 0.25) is 0 Å². The number of aromatic nitrogens is 2. The summed E-state index contributed by atoms with van der Waals surface area (Å²) in [6.07, 6.45) is 1.84. The van der Waals surface area contributed by atoms with Gasteiger partial charge in [0.15, 0.2) is 5.69 Å². The van der Waals surface area contributed by atoms with Gasteiger partial charge in [-0.25, -0.2) is 9.78 Å². The van der Waals surface area contributed by atoms with Gasteiger partial charge in [-0.05, 0) is 11.6 Å². The van der Waals surface area contributed by atoms with Crippen molar-refractivity contribution in [1.29, 1.82) is 0 Å². The van der Waals surface area contributed by atoms with E-state index in [1.54, 1.807) is 12.3 Å². The maximum Gasteiger partial charge on any atom is 0.357 e. The summed E-state index contributed by atoms with van der Waals surface area (Å²) in [6.45, 7) is 0. The number of esters is 1. The highest BCUT2D eigenvalue weighted by atomic mass is 35.5. The molecule has 0 fully saturated rings. The van der Waals surface area contributed by atoms with Crippen LogP contribution in [0, 0.1) is 0 Å². The zero-order valence-corrected chi connectivity index (χ0v) is 13.1. The van der Waals surface area contributed by atoms with Crippen molar-refractivity contribution < 1.29 is 9.53 Å². The number of nitrogens with zero attached hydrogens (tertiary/aromatic N) is 2. The van der Waals surface area contributed by atoms with Crippen molar-refractivity contribution in [1.82, 2.24) is 9.38 Å². The lowest BCUT2D eigenvalue weighted by molar-refractivity contribution is 0.0592. The molecule has 116 valence electrons. The molecule has 6 heteroatoms. The largest absolute Gasteiger partial charge is 0.464 e. The quantitative estimate of drug-likeness (QED) is 0.694. The molecular weight excluding hydrogens is 316 g/mol. The summed E-state index contributed by atoms with van der Waals surface area (Å²) in [5.74, 6) is -0.643. The summed E-state index contributed by atoms with van der Waals surface area (Å²) in [5.41, 5.74) is 1.22. The van der Waals surface area contributed by atoms with E-state index in [1.165, 1.54) is 17.6 Å². The lowest BCUT2D eigenvalue weighted by Crippen LogP contribution is -2.25. The number of hydrogen-bond donors (Lipinski definition) is 0. The molecule has 2 heterocycles. The fraction of sp³-hybridized carbons (Fsp3) is 0.118. The highest BCUT2D eigenvalue weighted by Crippen LogP contribution is 2.14. The molecule has 0 spiro atoms. The zero-order valence-electron chi connectivity index (χ0n) is 12.3. The molecule has 0 saturated carbocycles. The number of carbonyl (C=O) groups is 1. The molecule has 5 nitrogen and oxygen atoms in total. The van der Waals surface area contributed by atoms with Crippen LogP contribution in [-0.2, 0) is 11.2 Å². The van der Waals surface area contributed by atoms with Crippen LogP contribution >= 0.6 is 11.6 Å². The Bertz CT molecular complexity index is 936. The molecule has 0 aliphatic heterocycles. The van der Waals surface area contributed by atoms with Crippen molar-refractivity contribution in [2.24, 2.45) is 0 Å². The topological polar surface area (TPSA) is 60.7 Å². The van der Waals surface area contributed by atoms with E-state index in [2.05, 4.69) is 4.98 Å². The van der Waals surface area contributed by atoms with Crippen molar-refractivity contribution in [3.63, 3.8) is 0 Å². The molecule has 3 aromatic rings. The smallest absolute Gasteiger partial charge is 0.357 e. The minimum absolute atomic E-state index is 0.0172. The standard InChI is InChI=1S/C17H13ClN2O3/c1-23-17(22)15-13(9-11-5-3-2-4-6-11)16(21)20-8-7-12(18)10-14(20)19-15/h2-8,10H,9H2,1H3. The molecule has 0 amide bonds. The van der Waals surface area contributed by atoms with E-state index in [0.717, 1.165) is 5.56 Å². The van der Waals surface area contributed by atoms with Crippen LogP contribution in [0.4, 0.5) is 0 Å². The molecule has 2 aromatic heterocycles. The molecule has 0 N–H and O–H groups in total. The molecule has 3 rings (SSSR count). The van der Waals surface area contributed by atoms with E-state index < -0.39 is 5.97 Å². The third kappa shape index (κ3) is 2.96. The van der Waals surface area contributed by atoms with Crippen LogP contribution in [0.5, 0.6) is 0 Å². The van der Waals surface area contributed by atoms with Crippen molar-refractivity contribution in [2.75, 3.05) is 7.11 Å². The van der Waals surface area contributed by atoms with Gasteiger partial charge in [0, 0.05) is 23.7 Å². The van der Waals surface area contributed by atoms with Gasteiger partial charge in [-0.3, -0.25) is 9.20 Å². The molecule has 0 atom stereocenters. The molecule has 1 aromatic carbocycles. The molecule has 0 bridgehead atoms. The number of ether oxygens (including phenoxy) is 1. The Balaban J connectivity index is 2.25. The van der Waals surface area contributed by atoms with Gasteiger partial charge in [-0.1, -0.05) is 41.9 Å². The maximum atomic E-state index is 12.8. The first-order valence-corrected chi connectivity index (χ1v) is 7.31. The number of carbonyl (C=O) groups excluding carboxylic acids is 1. The average molecular weight is 329 g/mol. The molecular formula is C17H13ClN2O3. The van der Waals surface area contributed by atoms with Gasteiger partial charge in [-0.2, -0.15) is 0 Å².